The van der Waals surface area contributed by atoms with E-state index >= 15 is 0 Å². The molecule has 10 nitrogen and oxygen atoms in total. The number of nitrogens with one attached hydrogen (secondary N) is 3. The van der Waals surface area contributed by atoms with Gasteiger partial charge >= 0.3 is 0 Å². The fraction of sp³-hybridized carbons (Fsp3) is 0.200. The summed E-state index contributed by atoms with van der Waals surface area (Å²) in [5.41, 5.74) is 10.2. The average Bonchev–Trinajstić information content (AvgIpc) is 3.90. The minimum atomic E-state index is -0.113. The number of rotatable bonds is 9. The Morgan fingerprint density at radius 2 is 1.42 bits per heavy atom. The minimum Gasteiger partial charge on any atom is -0.496 e. The van der Waals surface area contributed by atoms with Crippen LogP contribution in [0.25, 0.3) is 44.8 Å². The number of fused-ring (bicyclic) bond motifs is 3. The molecular formula is C45H42N4O6. The molecule has 0 bridgehead atoms. The van der Waals surface area contributed by atoms with E-state index in [2.05, 4.69) is 20.5 Å². The number of benzene rings is 5. The van der Waals surface area contributed by atoms with Crippen molar-refractivity contribution in [2.75, 3.05) is 64.3 Å². The lowest BCUT2D eigenvalue weighted by Gasteiger charge is -2.26. The summed E-state index contributed by atoms with van der Waals surface area (Å²) in [6.07, 6.45) is 2.38. The number of ether oxygens (including phenoxy) is 4. The summed E-state index contributed by atoms with van der Waals surface area (Å²) in [5, 5.41) is 6.92. The molecule has 0 unspecified atom stereocenters. The van der Waals surface area contributed by atoms with Crippen molar-refractivity contribution in [1.29, 1.82) is 0 Å². The van der Waals surface area contributed by atoms with Gasteiger partial charge in [-0.25, -0.2) is 0 Å². The van der Waals surface area contributed by atoms with Crippen LogP contribution in [-0.4, -0.2) is 75.4 Å². The van der Waals surface area contributed by atoms with Crippen LogP contribution < -0.4 is 24.8 Å². The van der Waals surface area contributed by atoms with E-state index in [-0.39, 0.29) is 11.8 Å². The molecule has 0 atom stereocenters. The molecule has 1 aromatic heterocycles. The molecule has 3 aliphatic rings. The van der Waals surface area contributed by atoms with E-state index in [0.717, 1.165) is 111 Å². The van der Waals surface area contributed by atoms with Gasteiger partial charge in [0.2, 0.25) is 5.91 Å². The molecule has 0 aliphatic carbocycles. The molecule has 1 saturated heterocycles. The molecule has 3 N–H and O–H groups in total. The van der Waals surface area contributed by atoms with Crippen molar-refractivity contribution < 1.29 is 28.5 Å². The van der Waals surface area contributed by atoms with E-state index in [1.54, 1.807) is 14.2 Å². The number of morpholine rings is 1. The molecule has 55 heavy (non-hydrogen) atoms. The predicted molar refractivity (Wildman–Crippen MR) is 217 cm³/mol. The van der Waals surface area contributed by atoms with Crippen LogP contribution in [0, 0.1) is 0 Å². The molecule has 5 aromatic carbocycles. The summed E-state index contributed by atoms with van der Waals surface area (Å²) in [6, 6.07) is 35.8. The van der Waals surface area contributed by atoms with Crippen LogP contribution in [0.5, 0.6) is 17.2 Å². The average molecular weight is 735 g/mol. The number of para-hydroxylation sites is 2. The Balaban J connectivity index is 0.000000198. The highest BCUT2D eigenvalue weighted by Crippen LogP contribution is 2.39. The van der Waals surface area contributed by atoms with Crippen LogP contribution in [0.4, 0.5) is 11.4 Å². The molecule has 0 saturated carbocycles. The zero-order chi connectivity index (χ0) is 37.7. The van der Waals surface area contributed by atoms with Crippen molar-refractivity contribution in [3.05, 3.63) is 126 Å². The van der Waals surface area contributed by atoms with Crippen LogP contribution in [0.15, 0.2) is 109 Å². The van der Waals surface area contributed by atoms with Gasteiger partial charge in [0.05, 0.1) is 39.4 Å². The number of hydrogen-bond acceptors (Lipinski definition) is 7. The first kappa shape index (κ1) is 35.7. The number of aromatic nitrogens is 1. The number of carbonyl (C=O) groups excluding carboxylic acids is 2. The van der Waals surface area contributed by atoms with Gasteiger partial charge in [0.25, 0.3) is 5.91 Å². The standard InChI is InChI=1S/C30H29N3O4.C15H13NO2/c1-35-29-5-3-2-4-24(29)20-6-8-25-26(30(34)32-28(25)18-20)19-22-16-21-17-23(7-9-27(21)31-22)37-15-12-33-10-13-36-14-11-33;1-18-14-5-3-2-4-12(14)10-6-7-11-9-15(17)16-13(11)8-10/h2-9,16-19,31H,10-15H2,1H3,(H,32,34);2-8H,9H2,1H3,(H,16,17). The van der Waals surface area contributed by atoms with Gasteiger partial charge in [0.1, 0.15) is 23.9 Å². The van der Waals surface area contributed by atoms with Crippen molar-refractivity contribution in [3.8, 4) is 39.5 Å². The summed E-state index contributed by atoms with van der Waals surface area (Å²) >= 11 is 0. The number of H-pyrrole nitrogens is 1. The Kier molecular flexibility index (Phi) is 10.3. The highest BCUT2D eigenvalue weighted by atomic mass is 16.5. The van der Waals surface area contributed by atoms with Crippen molar-refractivity contribution >= 4 is 45.7 Å². The lowest BCUT2D eigenvalue weighted by atomic mass is 9.99. The zero-order valence-corrected chi connectivity index (χ0v) is 30.8. The van der Waals surface area contributed by atoms with Gasteiger partial charge in [0.15, 0.2) is 0 Å². The Labute approximate surface area is 319 Å². The van der Waals surface area contributed by atoms with E-state index < -0.39 is 0 Å². The van der Waals surface area contributed by atoms with E-state index in [0.29, 0.717) is 18.6 Å². The van der Waals surface area contributed by atoms with E-state index in [1.807, 2.05) is 115 Å². The number of anilines is 2. The smallest absolute Gasteiger partial charge is 0.256 e. The molecule has 10 heteroatoms. The summed E-state index contributed by atoms with van der Waals surface area (Å²) < 4.78 is 22.3. The molecule has 6 aromatic rings. The fourth-order valence-corrected chi connectivity index (χ4v) is 7.23. The molecule has 0 radical (unpaired) electrons. The van der Waals surface area contributed by atoms with Crippen molar-refractivity contribution in [3.63, 3.8) is 0 Å². The van der Waals surface area contributed by atoms with Gasteiger partial charge in [-0.2, -0.15) is 0 Å². The van der Waals surface area contributed by atoms with Gasteiger partial charge in [-0.05, 0) is 71.3 Å². The topological polar surface area (TPSA) is 114 Å². The summed E-state index contributed by atoms with van der Waals surface area (Å²) in [6.45, 7) is 5.02. The number of nitrogens with zero attached hydrogens (tertiary/aromatic N) is 1. The van der Waals surface area contributed by atoms with Crippen LogP contribution in [0.2, 0.25) is 0 Å². The fourth-order valence-electron chi connectivity index (χ4n) is 7.23. The second-order valence-electron chi connectivity index (χ2n) is 13.5. The third kappa shape index (κ3) is 7.82. The number of aromatic amines is 1. The minimum absolute atomic E-state index is 0.0576. The first-order valence-corrected chi connectivity index (χ1v) is 18.4. The third-order valence-electron chi connectivity index (χ3n) is 10.1. The normalized spacial score (nSPS) is 15.5. The Hall–Kier alpha value is -6.36. The molecule has 2 amide bonds. The summed E-state index contributed by atoms with van der Waals surface area (Å²) in [4.78, 5) is 30.0. The summed E-state index contributed by atoms with van der Waals surface area (Å²) in [7, 11) is 3.32. The molecular weight excluding hydrogens is 693 g/mol. The summed E-state index contributed by atoms with van der Waals surface area (Å²) in [5.74, 6) is 2.42. The monoisotopic (exact) mass is 734 g/mol. The first-order valence-electron chi connectivity index (χ1n) is 18.4. The Morgan fingerprint density at radius 1 is 0.727 bits per heavy atom. The van der Waals surface area contributed by atoms with Crippen molar-refractivity contribution in [2.45, 2.75) is 6.42 Å². The molecule has 9 rings (SSSR count). The highest BCUT2D eigenvalue weighted by Gasteiger charge is 2.25. The van der Waals surface area contributed by atoms with E-state index in [1.165, 1.54) is 0 Å². The van der Waals surface area contributed by atoms with Gasteiger partial charge in [-0.15, -0.1) is 0 Å². The van der Waals surface area contributed by atoms with Crippen LogP contribution in [0.1, 0.15) is 16.8 Å². The Morgan fingerprint density at radius 3 is 2.15 bits per heavy atom. The Bertz CT molecular complexity index is 2410. The van der Waals surface area contributed by atoms with Crippen LogP contribution >= 0.6 is 0 Å². The molecule has 3 aliphatic heterocycles. The number of hydrogen-bond donors (Lipinski definition) is 3. The lowest BCUT2D eigenvalue weighted by Crippen LogP contribution is -2.38. The second kappa shape index (κ2) is 15.9. The maximum absolute atomic E-state index is 12.9. The lowest BCUT2D eigenvalue weighted by molar-refractivity contribution is -0.115. The van der Waals surface area contributed by atoms with Crippen molar-refractivity contribution in [1.82, 2.24) is 9.88 Å². The van der Waals surface area contributed by atoms with Gasteiger partial charge in [-0.1, -0.05) is 60.7 Å². The van der Waals surface area contributed by atoms with Gasteiger partial charge < -0.3 is 34.6 Å². The first-order chi connectivity index (χ1) is 26.9. The number of amides is 2. The largest absolute Gasteiger partial charge is 0.496 e. The van der Waals surface area contributed by atoms with Crippen LogP contribution in [-0.2, 0) is 20.7 Å². The second-order valence-corrected chi connectivity index (χ2v) is 13.5. The van der Waals surface area contributed by atoms with Crippen molar-refractivity contribution in [2.24, 2.45) is 0 Å². The molecule has 4 heterocycles. The SMILES string of the molecule is COc1ccccc1-c1ccc2c(c1)NC(=O)C2.COc1ccccc1-c1ccc2c(c1)NC(=O)C2=Cc1cc2cc(OCCN3CCOCC3)ccc2[nH]1. The number of carbonyl (C=O) groups is 2. The maximum Gasteiger partial charge on any atom is 0.256 e. The van der Waals surface area contributed by atoms with Gasteiger partial charge in [-0.3, -0.25) is 14.5 Å². The van der Waals surface area contributed by atoms with Gasteiger partial charge in [0, 0.05) is 64.3 Å². The van der Waals surface area contributed by atoms with E-state index in [4.69, 9.17) is 18.9 Å². The molecule has 1 fully saturated rings. The quantitative estimate of drug-likeness (QED) is 0.130. The molecule has 0 spiro atoms. The van der Waals surface area contributed by atoms with Crippen LogP contribution in [0.3, 0.4) is 0 Å². The number of methoxy groups -OCH3 is 2. The zero-order valence-electron chi connectivity index (χ0n) is 30.8. The molecule has 278 valence electrons. The van der Waals surface area contributed by atoms with E-state index in [9.17, 15) is 9.59 Å². The third-order valence-corrected chi connectivity index (χ3v) is 10.1. The predicted octanol–water partition coefficient (Wildman–Crippen LogP) is 7.90. The maximum atomic E-state index is 12.9. The highest BCUT2D eigenvalue weighted by molar-refractivity contribution is 6.35.